The Kier molecular flexibility index (Phi) is 6.36. The highest BCUT2D eigenvalue weighted by atomic mass is 35.5. The van der Waals surface area contributed by atoms with Crippen molar-refractivity contribution in [3.05, 3.63) is 45.7 Å². The van der Waals surface area contributed by atoms with Gasteiger partial charge in [-0.1, -0.05) is 18.0 Å². The van der Waals surface area contributed by atoms with Gasteiger partial charge in [0, 0.05) is 37.0 Å². The predicted octanol–water partition coefficient (Wildman–Crippen LogP) is 3.36. The summed E-state index contributed by atoms with van der Waals surface area (Å²) in [6.45, 7) is 6.69. The van der Waals surface area contributed by atoms with Gasteiger partial charge in [-0.05, 0) is 51.8 Å². The van der Waals surface area contributed by atoms with E-state index in [0.29, 0.717) is 13.1 Å². The normalized spacial score (nSPS) is 16.6. The van der Waals surface area contributed by atoms with Gasteiger partial charge in [-0.2, -0.15) is 9.40 Å². The van der Waals surface area contributed by atoms with Crippen molar-refractivity contribution in [3.63, 3.8) is 0 Å². The van der Waals surface area contributed by atoms with E-state index in [0.717, 1.165) is 36.2 Å². The first-order valence-corrected chi connectivity index (χ1v) is 11.6. The van der Waals surface area contributed by atoms with Crippen molar-refractivity contribution in [2.24, 2.45) is 7.05 Å². The van der Waals surface area contributed by atoms with E-state index in [9.17, 15) is 13.2 Å². The van der Waals surface area contributed by atoms with Crippen LogP contribution in [0.5, 0.6) is 0 Å². The molecule has 2 heterocycles. The fourth-order valence-corrected chi connectivity index (χ4v) is 5.87. The zero-order chi connectivity index (χ0) is 21.3. The molecule has 1 aliphatic rings. The minimum atomic E-state index is -3.73. The number of aromatic nitrogens is 2. The molecule has 2 aromatic rings. The zero-order valence-corrected chi connectivity index (χ0v) is 18.8. The third kappa shape index (κ3) is 4.34. The molecule has 0 bridgehead atoms. The molecule has 1 amide bonds. The number of piperidine rings is 1. The van der Waals surface area contributed by atoms with E-state index in [1.165, 1.54) is 16.4 Å². The fourth-order valence-electron chi connectivity index (χ4n) is 3.86. The van der Waals surface area contributed by atoms with Crippen molar-refractivity contribution < 1.29 is 13.2 Å². The molecule has 158 valence electrons. The molecular weight excluding hydrogens is 412 g/mol. The summed E-state index contributed by atoms with van der Waals surface area (Å²) in [5, 5.41) is 7.45. The molecule has 1 aromatic heterocycles. The second kappa shape index (κ2) is 8.45. The van der Waals surface area contributed by atoms with Crippen LogP contribution in [0.2, 0.25) is 5.02 Å². The molecule has 9 heteroatoms. The molecule has 29 heavy (non-hydrogen) atoms. The van der Waals surface area contributed by atoms with Gasteiger partial charge in [0.15, 0.2) is 0 Å². The first-order valence-electron chi connectivity index (χ1n) is 9.73. The molecule has 1 unspecified atom stereocenters. The number of hydrogen-bond acceptors (Lipinski definition) is 4. The van der Waals surface area contributed by atoms with Gasteiger partial charge in [0.2, 0.25) is 10.0 Å². The lowest BCUT2D eigenvalue weighted by atomic mass is 10.1. The van der Waals surface area contributed by atoms with Crippen LogP contribution in [-0.4, -0.2) is 41.5 Å². The zero-order valence-electron chi connectivity index (χ0n) is 17.2. The van der Waals surface area contributed by atoms with Gasteiger partial charge in [0.25, 0.3) is 5.91 Å². The van der Waals surface area contributed by atoms with E-state index in [2.05, 4.69) is 10.4 Å². The number of hydrogen-bond donors (Lipinski definition) is 1. The van der Waals surface area contributed by atoms with E-state index in [-0.39, 0.29) is 27.4 Å². The van der Waals surface area contributed by atoms with E-state index in [1.54, 1.807) is 10.7 Å². The van der Waals surface area contributed by atoms with Gasteiger partial charge in [-0.3, -0.25) is 9.48 Å². The Labute approximate surface area is 177 Å². The van der Waals surface area contributed by atoms with Crippen molar-refractivity contribution in [2.75, 3.05) is 13.1 Å². The van der Waals surface area contributed by atoms with E-state index in [1.807, 2.05) is 27.8 Å². The number of rotatable bonds is 5. The van der Waals surface area contributed by atoms with Gasteiger partial charge < -0.3 is 5.32 Å². The van der Waals surface area contributed by atoms with Crippen LogP contribution in [-0.2, 0) is 17.1 Å². The number of amides is 1. The third-order valence-electron chi connectivity index (χ3n) is 5.47. The molecule has 3 rings (SSSR count). The lowest BCUT2D eigenvalue weighted by molar-refractivity contribution is 0.0939. The number of aryl methyl sites for hydroxylation is 2. The van der Waals surface area contributed by atoms with Crippen LogP contribution in [0.15, 0.2) is 23.1 Å². The summed E-state index contributed by atoms with van der Waals surface area (Å²) in [4.78, 5) is 12.8. The average molecular weight is 439 g/mol. The maximum atomic E-state index is 13.0. The highest BCUT2D eigenvalue weighted by Crippen LogP contribution is 2.28. The van der Waals surface area contributed by atoms with Crippen LogP contribution in [0.25, 0.3) is 0 Å². The number of benzene rings is 1. The van der Waals surface area contributed by atoms with Gasteiger partial charge >= 0.3 is 0 Å². The summed E-state index contributed by atoms with van der Waals surface area (Å²) in [6.07, 6.45) is 2.68. The molecule has 1 aliphatic heterocycles. The number of nitrogens with one attached hydrogen (secondary N) is 1. The first-order chi connectivity index (χ1) is 13.6. The van der Waals surface area contributed by atoms with Crippen molar-refractivity contribution >= 4 is 27.5 Å². The van der Waals surface area contributed by atoms with Crippen molar-refractivity contribution in [3.8, 4) is 0 Å². The van der Waals surface area contributed by atoms with Gasteiger partial charge in [-0.15, -0.1) is 0 Å². The molecule has 0 spiro atoms. The number of carbonyl (C=O) groups is 1. The van der Waals surface area contributed by atoms with Crippen molar-refractivity contribution in [1.29, 1.82) is 0 Å². The van der Waals surface area contributed by atoms with Gasteiger partial charge in [-0.25, -0.2) is 8.42 Å². The average Bonchev–Trinajstić information content (AvgIpc) is 2.94. The Morgan fingerprint density at radius 1 is 1.21 bits per heavy atom. The molecule has 7 nitrogen and oxygen atoms in total. The van der Waals surface area contributed by atoms with Crippen LogP contribution in [0.3, 0.4) is 0 Å². The highest BCUT2D eigenvalue weighted by Gasteiger charge is 2.29. The standard InChI is InChI=1S/C20H27ClN4O3S/c1-13(19-14(2)23-24(4)15(19)3)22-20(26)16-8-9-17(21)18(12-16)29(27,28)25-10-6-5-7-11-25/h8-9,12-13H,5-7,10-11H2,1-4H3,(H,22,26). The molecule has 0 aliphatic carbocycles. The minimum Gasteiger partial charge on any atom is -0.345 e. The fraction of sp³-hybridized carbons (Fsp3) is 0.500. The van der Waals surface area contributed by atoms with Crippen LogP contribution in [0.4, 0.5) is 0 Å². The number of halogens is 1. The van der Waals surface area contributed by atoms with Crippen LogP contribution in [0, 0.1) is 13.8 Å². The molecule has 1 N–H and O–H groups in total. The van der Waals surface area contributed by atoms with E-state index < -0.39 is 10.0 Å². The van der Waals surface area contributed by atoms with Crippen molar-refractivity contribution in [2.45, 2.75) is 51.0 Å². The maximum Gasteiger partial charge on any atom is 0.251 e. The molecule has 0 saturated carbocycles. The van der Waals surface area contributed by atoms with Crippen molar-refractivity contribution in [1.82, 2.24) is 19.4 Å². The molecule has 1 atom stereocenters. The topological polar surface area (TPSA) is 84.3 Å². The smallest absolute Gasteiger partial charge is 0.251 e. The molecular formula is C20H27ClN4O3S. The summed E-state index contributed by atoms with van der Waals surface area (Å²) in [5.41, 5.74) is 3.04. The summed E-state index contributed by atoms with van der Waals surface area (Å²) >= 11 is 6.20. The largest absolute Gasteiger partial charge is 0.345 e. The quantitative estimate of drug-likeness (QED) is 0.775. The second-order valence-corrected chi connectivity index (χ2v) is 9.83. The first kappa shape index (κ1) is 21.8. The lowest BCUT2D eigenvalue weighted by Gasteiger charge is -2.26. The van der Waals surface area contributed by atoms with Crippen LogP contribution >= 0.6 is 11.6 Å². The Morgan fingerprint density at radius 3 is 2.45 bits per heavy atom. The number of nitrogens with zero attached hydrogens (tertiary/aromatic N) is 3. The Balaban J connectivity index is 1.86. The van der Waals surface area contributed by atoms with Crippen LogP contribution < -0.4 is 5.32 Å². The SMILES string of the molecule is Cc1nn(C)c(C)c1C(C)NC(=O)c1ccc(Cl)c(S(=O)(=O)N2CCCCC2)c1. The van der Waals surface area contributed by atoms with Crippen LogP contribution in [0.1, 0.15) is 59.5 Å². The Bertz CT molecular complexity index is 1030. The number of carbonyl (C=O) groups excluding carboxylic acids is 1. The highest BCUT2D eigenvalue weighted by molar-refractivity contribution is 7.89. The minimum absolute atomic E-state index is 0.0184. The van der Waals surface area contributed by atoms with E-state index in [4.69, 9.17) is 11.6 Å². The molecule has 1 aromatic carbocycles. The Morgan fingerprint density at radius 2 is 1.86 bits per heavy atom. The van der Waals surface area contributed by atoms with Gasteiger partial charge in [0.05, 0.1) is 16.8 Å². The molecule has 1 fully saturated rings. The third-order valence-corrected chi connectivity index (χ3v) is 7.85. The summed E-state index contributed by atoms with van der Waals surface area (Å²) in [6, 6.07) is 4.12. The number of sulfonamides is 1. The second-order valence-electron chi connectivity index (χ2n) is 7.51. The summed E-state index contributed by atoms with van der Waals surface area (Å²) in [7, 11) is -1.87. The van der Waals surface area contributed by atoms with E-state index >= 15 is 0 Å². The Hall–Kier alpha value is -1.90. The predicted molar refractivity (Wildman–Crippen MR) is 113 cm³/mol. The summed E-state index contributed by atoms with van der Waals surface area (Å²) < 4.78 is 29.3. The maximum absolute atomic E-state index is 13.0. The monoisotopic (exact) mass is 438 g/mol. The summed E-state index contributed by atoms with van der Waals surface area (Å²) in [5.74, 6) is -0.355. The molecule has 1 saturated heterocycles. The molecule has 0 radical (unpaired) electrons. The lowest BCUT2D eigenvalue weighted by Crippen LogP contribution is -2.36. The van der Waals surface area contributed by atoms with Gasteiger partial charge in [0.1, 0.15) is 4.90 Å².